The number of thiophene rings is 2. The molecule has 2 heterocycles. The second-order valence-corrected chi connectivity index (χ2v) is 10.5. The molecule has 0 saturated carbocycles. The first-order chi connectivity index (χ1) is 16.0. The number of carbonyl (C=O) groups is 2. The number of halogens is 5. The number of hydrogen-bond donors (Lipinski definition) is 2. The number of amides is 2. The summed E-state index contributed by atoms with van der Waals surface area (Å²) in [6.45, 7) is 1.34. The Balaban J connectivity index is 1.55. The van der Waals surface area contributed by atoms with E-state index in [1.807, 2.05) is 0 Å². The van der Waals surface area contributed by atoms with Crippen LogP contribution in [0, 0.1) is 0 Å². The van der Waals surface area contributed by atoms with Crippen LogP contribution in [-0.4, -0.2) is 24.5 Å². The minimum absolute atomic E-state index is 0.0355. The average Bonchev–Trinajstić information content (AvgIpc) is 3.29. The van der Waals surface area contributed by atoms with Crippen LogP contribution in [0.5, 0.6) is 0 Å². The van der Waals surface area contributed by atoms with Crippen molar-refractivity contribution in [3.8, 4) is 0 Å². The Labute approximate surface area is 200 Å². The van der Waals surface area contributed by atoms with Crippen molar-refractivity contribution in [3.63, 3.8) is 0 Å². The zero-order valence-electron chi connectivity index (χ0n) is 18.3. The van der Waals surface area contributed by atoms with Crippen LogP contribution in [0.15, 0.2) is 0 Å². The number of esters is 1. The Kier molecular flexibility index (Phi) is 6.92. The number of aryl methyl sites for hydroxylation is 1. The lowest BCUT2D eigenvalue weighted by Gasteiger charge is -2.21. The van der Waals surface area contributed by atoms with Crippen LogP contribution in [-0.2, 0) is 43.1 Å². The number of ether oxygens (including phenoxy) is 1. The fourth-order valence-corrected chi connectivity index (χ4v) is 7.01. The van der Waals surface area contributed by atoms with Gasteiger partial charge in [0.1, 0.15) is 9.88 Å². The van der Waals surface area contributed by atoms with E-state index in [1.165, 1.54) is 0 Å². The molecule has 2 amide bonds. The van der Waals surface area contributed by atoms with Gasteiger partial charge in [0, 0.05) is 29.1 Å². The number of carbonyl (C=O) groups excluding carboxylic acids is 2. The molecule has 2 aliphatic rings. The summed E-state index contributed by atoms with van der Waals surface area (Å²) in [5, 5.41) is 4.99. The van der Waals surface area contributed by atoms with Crippen LogP contribution in [0.25, 0.3) is 0 Å². The van der Waals surface area contributed by atoms with Gasteiger partial charge in [-0.3, -0.25) is 5.32 Å². The van der Waals surface area contributed by atoms with Crippen molar-refractivity contribution in [2.45, 2.75) is 70.5 Å². The summed E-state index contributed by atoms with van der Waals surface area (Å²) in [5.41, 5.74) is 1.18. The number of rotatable bonds is 5. The predicted octanol–water partition coefficient (Wildman–Crippen LogP) is 6.33. The summed E-state index contributed by atoms with van der Waals surface area (Å²) in [5.74, 6) is -3.64. The maximum absolute atomic E-state index is 13.9. The second kappa shape index (κ2) is 9.44. The highest BCUT2D eigenvalue weighted by Gasteiger charge is 2.40. The van der Waals surface area contributed by atoms with Gasteiger partial charge in [0.15, 0.2) is 0 Å². The largest absolute Gasteiger partial charge is 0.462 e. The Morgan fingerprint density at radius 1 is 1.06 bits per heavy atom. The van der Waals surface area contributed by atoms with Crippen molar-refractivity contribution in [1.29, 1.82) is 0 Å². The van der Waals surface area contributed by atoms with Gasteiger partial charge in [0.25, 0.3) is 5.92 Å². The van der Waals surface area contributed by atoms with E-state index in [1.54, 1.807) is 6.92 Å². The van der Waals surface area contributed by atoms with E-state index in [0.717, 1.165) is 35.5 Å². The van der Waals surface area contributed by atoms with Crippen LogP contribution in [0.2, 0.25) is 0 Å². The molecule has 2 aromatic rings. The fraction of sp³-hybridized carbons (Fsp3) is 0.545. The first kappa shape index (κ1) is 24.9. The van der Waals surface area contributed by atoms with Gasteiger partial charge in [-0.1, -0.05) is 0 Å². The molecule has 2 aliphatic carbocycles. The number of urea groups is 1. The number of fused-ring (bicyclic) bond motifs is 2. The van der Waals surface area contributed by atoms with E-state index in [4.69, 9.17) is 4.74 Å². The van der Waals surface area contributed by atoms with E-state index in [0.29, 0.717) is 33.7 Å². The van der Waals surface area contributed by atoms with Crippen molar-refractivity contribution in [3.05, 3.63) is 36.9 Å². The SMILES string of the molecule is CCOC(=O)c1c(NC(=O)NCc2c(C(F)(F)F)sc3c2CCCC3)sc2c1CCC(F)(F)C2. The monoisotopic (exact) mass is 522 g/mol. The molecule has 2 N–H and O–H groups in total. The summed E-state index contributed by atoms with van der Waals surface area (Å²) in [6, 6.07) is -0.820. The molecule has 4 rings (SSSR count). The molecule has 0 saturated heterocycles. The maximum Gasteiger partial charge on any atom is 0.425 e. The lowest BCUT2D eigenvalue weighted by molar-refractivity contribution is -0.135. The third-order valence-corrected chi connectivity index (χ3v) is 8.45. The fourth-order valence-electron chi connectivity index (χ4n) is 4.42. The summed E-state index contributed by atoms with van der Waals surface area (Å²) < 4.78 is 73.6. The van der Waals surface area contributed by atoms with Gasteiger partial charge in [0.05, 0.1) is 12.2 Å². The Morgan fingerprint density at radius 2 is 1.79 bits per heavy atom. The molecule has 2 aromatic heterocycles. The van der Waals surface area contributed by atoms with Gasteiger partial charge in [-0.2, -0.15) is 13.2 Å². The van der Waals surface area contributed by atoms with Crippen molar-refractivity contribution >= 4 is 39.7 Å². The van der Waals surface area contributed by atoms with Crippen LogP contribution >= 0.6 is 22.7 Å². The molecule has 0 aliphatic heterocycles. The van der Waals surface area contributed by atoms with Crippen molar-refractivity contribution in [2.24, 2.45) is 0 Å². The van der Waals surface area contributed by atoms with E-state index in [-0.39, 0.29) is 35.7 Å². The van der Waals surface area contributed by atoms with Gasteiger partial charge < -0.3 is 10.1 Å². The summed E-state index contributed by atoms with van der Waals surface area (Å²) >= 11 is 1.60. The number of anilines is 1. The molecule has 0 unspecified atom stereocenters. The van der Waals surface area contributed by atoms with Gasteiger partial charge in [0.2, 0.25) is 0 Å². The Bertz CT molecular complexity index is 1110. The number of hydrogen-bond acceptors (Lipinski definition) is 5. The molecule has 186 valence electrons. The molecular formula is C22H23F5N2O3S2. The van der Waals surface area contributed by atoms with Crippen LogP contribution < -0.4 is 10.6 Å². The molecule has 0 aromatic carbocycles. The van der Waals surface area contributed by atoms with Gasteiger partial charge in [-0.25, -0.2) is 18.4 Å². The first-order valence-corrected chi connectivity index (χ1v) is 12.6. The van der Waals surface area contributed by atoms with Crippen molar-refractivity contribution in [2.75, 3.05) is 11.9 Å². The third kappa shape index (κ3) is 5.07. The standard InChI is InChI=1S/C22H23F5N2O3S2/c1-2-32-19(30)16-12-7-8-21(23,24)9-15(12)34-18(16)29-20(31)28-10-13-11-5-3-4-6-14(11)33-17(13)22(25,26)27/h2-10H2,1H3,(H2,28,29,31). The van der Waals surface area contributed by atoms with Crippen LogP contribution in [0.1, 0.15) is 67.9 Å². The second-order valence-electron chi connectivity index (χ2n) is 8.29. The van der Waals surface area contributed by atoms with Crippen molar-refractivity contribution in [1.82, 2.24) is 5.32 Å². The molecule has 12 heteroatoms. The molecule has 0 spiro atoms. The molecule has 0 bridgehead atoms. The van der Waals surface area contributed by atoms with E-state index >= 15 is 0 Å². The predicted molar refractivity (Wildman–Crippen MR) is 119 cm³/mol. The summed E-state index contributed by atoms with van der Waals surface area (Å²) in [4.78, 5) is 25.4. The third-order valence-electron chi connectivity index (χ3n) is 5.92. The highest BCUT2D eigenvalue weighted by molar-refractivity contribution is 7.17. The molecule has 0 fully saturated rings. The Hall–Kier alpha value is -2.21. The molecule has 34 heavy (non-hydrogen) atoms. The van der Waals surface area contributed by atoms with Crippen LogP contribution in [0.3, 0.4) is 0 Å². The average molecular weight is 523 g/mol. The lowest BCUT2D eigenvalue weighted by atomic mass is 9.93. The van der Waals surface area contributed by atoms with Gasteiger partial charge in [-0.05, 0) is 55.7 Å². The van der Waals surface area contributed by atoms with Crippen molar-refractivity contribution < 1.29 is 36.3 Å². The molecule has 0 radical (unpaired) electrons. The minimum Gasteiger partial charge on any atom is -0.462 e. The van der Waals surface area contributed by atoms with Crippen LogP contribution in [0.4, 0.5) is 31.7 Å². The number of nitrogens with one attached hydrogen (secondary N) is 2. The lowest BCUT2D eigenvalue weighted by Crippen LogP contribution is -2.30. The topological polar surface area (TPSA) is 67.4 Å². The maximum atomic E-state index is 13.9. The smallest absolute Gasteiger partial charge is 0.425 e. The molecule has 0 atom stereocenters. The van der Waals surface area contributed by atoms with E-state index in [2.05, 4.69) is 10.6 Å². The highest BCUT2D eigenvalue weighted by Crippen LogP contribution is 2.44. The summed E-state index contributed by atoms with van der Waals surface area (Å²) in [7, 11) is 0. The minimum atomic E-state index is -4.52. The summed E-state index contributed by atoms with van der Waals surface area (Å²) in [6.07, 6.45) is -2.79. The molecule has 5 nitrogen and oxygen atoms in total. The first-order valence-electron chi connectivity index (χ1n) is 10.9. The number of alkyl halides is 5. The quantitative estimate of drug-likeness (QED) is 0.356. The van der Waals surface area contributed by atoms with Gasteiger partial charge in [-0.15, -0.1) is 22.7 Å². The molecular weight excluding hydrogens is 499 g/mol. The Morgan fingerprint density at radius 3 is 2.50 bits per heavy atom. The van der Waals surface area contributed by atoms with E-state index in [9.17, 15) is 31.5 Å². The normalized spacial score (nSPS) is 17.0. The highest BCUT2D eigenvalue weighted by atomic mass is 32.1. The van der Waals surface area contributed by atoms with E-state index < -0.39 is 41.8 Å². The zero-order valence-corrected chi connectivity index (χ0v) is 19.9. The van der Waals surface area contributed by atoms with Gasteiger partial charge >= 0.3 is 18.2 Å². The zero-order chi connectivity index (χ0) is 24.7.